The summed E-state index contributed by atoms with van der Waals surface area (Å²) in [6.45, 7) is 6.27. The highest BCUT2D eigenvalue weighted by Crippen LogP contribution is 2.22. The zero-order chi connectivity index (χ0) is 29.8. The molecule has 0 radical (unpaired) electrons. The molecule has 13 nitrogen and oxygen atoms in total. The minimum atomic E-state index is -0.373. The normalized spacial score (nSPS) is 13.6. The van der Waals surface area contributed by atoms with Crippen LogP contribution in [-0.2, 0) is 25.9 Å². The van der Waals surface area contributed by atoms with Crippen LogP contribution >= 0.6 is 0 Å². The van der Waals surface area contributed by atoms with Crippen LogP contribution < -0.4 is 16.0 Å². The second kappa shape index (κ2) is 12.4. The second-order valence-corrected chi connectivity index (χ2v) is 10.3. The van der Waals surface area contributed by atoms with Crippen LogP contribution in [0.3, 0.4) is 0 Å². The van der Waals surface area contributed by atoms with E-state index in [1.165, 1.54) is 0 Å². The van der Waals surface area contributed by atoms with Crippen LogP contribution in [0.25, 0.3) is 11.3 Å². The number of aryl methyl sites for hydroxylation is 4. The predicted molar refractivity (Wildman–Crippen MR) is 158 cm³/mol. The Labute approximate surface area is 243 Å². The molecule has 1 saturated heterocycles. The summed E-state index contributed by atoms with van der Waals surface area (Å²) < 4.78 is 10.4. The van der Waals surface area contributed by atoms with Gasteiger partial charge in [0, 0.05) is 77.7 Å². The number of hydrogen-bond donors (Lipinski definition) is 3. The number of hydrogen-bond acceptors (Lipinski definition) is 7. The molecule has 4 aromatic heterocycles. The fraction of sp³-hybridized carbons (Fsp3) is 0.345. The molecule has 0 aliphatic carbocycles. The zero-order valence-corrected chi connectivity index (χ0v) is 24.2. The van der Waals surface area contributed by atoms with Gasteiger partial charge in [0.05, 0.1) is 42.2 Å². The smallest absolute Gasteiger partial charge is 0.272 e. The summed E-state index contributed by atoms with van der Waals surface area (Å²) in [7, 11) is 5.26. The average Bonchev–Trinajstić information content (AvgIpc) is 3.65. The number of aromatic nitrogens is 5. The van der Waals surface area contributed by atoms with Gasteiger partial charge in [0.2, 0.25) is 0 Å². The monoisotopic (exact) mass is 573 g/mol. The average molecular weight is 574 g/mol. The largest absolute Gasteiger partial charge is 0.379 e. The van der Waals surface area contributed by atoms with Crippen molar-refractivity contribution in [2.45, 2.75) is 6.92 Å². The summed E-state index contributed by atoms with van der Waals surface area (Å²) in [6.07, 6.45) is 8.52. The van der Waals surface area contributed by atoms with Crippen LogP contribution in [0, 0.1) is 6.92 Å². The van der Waals surface area contributed by atoms with Gasteiger partial charge in [-0.25, -0.2) is 0 Å². The van der Waals surface area contributed by atoms with Crippen molar-refractivity contribution in [1.29, 1.82) is 0 Å². The summed E-state index contributed by atoms with van der Waals surface area (Å²) in [6, 6.07) is 4.99. The van der Waals surface area contributed by atoms with Gasteiger partial charge in [-0.1, -0.05) is 0 Å². The number of morpholine rings is 1. The lowest BCUT2D eigenvalue weighted by molar-refractivity contribution is 0.0383. The van der Waals surface area contributed by atoms with Crippen molar-refractivity contribution in [1.82, 2.24) is 33.9 Å². The van der Waals surface area contributed by atoms with Gasteiger partial charge in [0.15, 0.2) is 0 Å². The number of ether oxygens (including phenoxy) is 1. The van der Waals surface area contributed by atoms with Crippen LogP contribution in [0.1, 0.15) is 37.2 Å². The standard InChI is InChI=1S/C29H35N9O4/c1-19-14-32-23(15-31-19)20-11-24(35(2)16-20)28(40)33-22-13-26(37(4)18-22)29(41)34-21-12-25(36(3)17-21)27(39)30-5-6-38-7-9-42-10-8-38/h11-18H,5-10H2,1-4H3,(H,30,39)(H,33,40)(H,34,41). The van der Waals surface area contributed by atoms with E-state index in [1.54, 1.807) is 77.8 Å². The lowest BCUT2D eigenvalue weighted by Crippen LogP contribution is -2.41. The first-order valence-corrected chi connectivity index (χ1v) is 13.7. The van der Waals surface area contributed by atoms with Gasteiger partial charge in [-0.15, -0.1) is 0 Å². The maximum absolute atomic E-state index is 13.1. The number of nitrogens with one attached hydrogen (secondary N) is 3. The number of carbonyl (C=O) groups is 3. The Morgan fingerprint density at radius 3 is 1.95 bits per heavy atom. The summed E-state index contributed by atoms with van der Waals surface area (Å²) in [5.41, 5.74) is 4.42. The van der Waals surface area contributed by atoms with Gasteiger partial charge in [-0.3, -0.25) is 29.3 Å². The first kappa shape index (κ1) is 28.8. The molecule has 13 heteroatoms. The van der Waals surface area contributed by atoms with Crippen LogP contribution in [0.15, 0.2) is 49.2 Å². The highest BCUT2D eigenvalue weighted by molar-refractivity contribution is 6.07. The molecule has 0 unspecified atom stereocenters. The topological polar surface area (TPSA) is 140 Å². The van der Waals surface area contributed by atoms with E-state index in [1.807, 2.05) is 13.1 Å². The quantitative estimate of drug-likeness (QED) is 0.278. The van der Waals surface area contributed by atoms with Crippen molar-refractivity contribution in [3.63, 3.8) is 0 Å². The van der Waals surface area contributed by atoms with Crippen LogP contribution in [0.2, 0.25) is 0 Å². The van der Waals surface area contributed by atoms with Crippen molar-refractivity contribution < 1.29 is 19.1 Å². The zero-order valence-electron chi connectivity index (χ0n) is 24.2. The van der Waals surface area contributed by atoms with Crippen LogP contribution in [0.4, 0.5) is 11.4 Å². The fourth-order valence-electron chi connectivity index (χ4n) is 4.82. The lowest BCUT2D eigenvalue weighted by atomic mass is 10.2. The summed E-state index contributed by atoms with van der Waals surface area (Å²) in [5.74, 6) is -0.913. The first-order valence-electron chi connectivity index (χ1n) is 13.7. The van der Waals surface area contributed by atoms with Gasteiger partial charge in [0.25, 0.3) is 17.7 Å². The van der Waals surface area contributed by atoms with E-state index < -0.39 is 0 Å². The number of amides is 3. The molecule has 3 amide bonds. The van der Waals surface area contributed by atoms with Crippen LogP contribution in [-0.4, -0.2) is 85.7 Å². The van der Waals surface area contributed by atoms with Gasteiger partial charge in [0.1, 0.15) is 17.1 Å². The van der Waals surface area contributed by atoms with Crippen molar-refractivity contribution >= 4 is 29.1 Å². The third-order valence-corrected chi connectivity index (χ3v) is 7.12. The van der Waals surface area contributed by atoms with E-state index in [4.69, 9.17) is 4.74 Å². The molecular weight excluding hydrogens is 538 g/mol. The minimum absolute atomic E-state index is 0.214. The molecule has 1 aliphatic heterocycles. The van der Waals surface area contributed by atoms with E-state index in [9.17, 15) is 14.4 Å². The maximum Gasteiger partial charge on any atom is 0.272 e. The molecule has 3 N–H and O–H groups in total. The predicted octanol–water partition coefficient (Wildman–Crippen LogP) is 2.03. The Bertz CT molecular complexity index is 1590. The third-order valence-electron chi connectivity index (χ3n) is 7.12. The molecule has 1 aliphatic rings. The van der Waals surface area contributed by atoms with Crippen molar-refractivity contribution in [2.24, 2.45) is 21.1 Å². The molecule has 0 aromatic carbocycles. The van der Waals surface area contributed by atoms with E-state index in [-0.39, 0.29) is 17.7 Å². The Morgan fingerprint density at radius 1 is 0.786 bits per heavy atom. The first-order chi connectivity index (χ1) is 20.2. The molecular formula is C29H35N9O4. The van der Waals surface area contributed by atoms with Crippen molar-refractivity contribution in [3.05, 3.63) is 72.0 Å². The van der Waals surface area contributed by atoms with E-state index >= 15 is 0 Å². The van der Waals surface area contributed by atoms with Crippen LogP contribution in [0.5, 0.6) is 0 Å². The maximum atomic E-state index is 13.1. The van der Waals surface area contributed by atoms with E-state index in [0.29, 0.717) is 53.9 Å². The highest BCUT2D eigenvalue weighted by atomic mass is 16.5. The number of anilines is 2. The molecule has 5 heterocycles. The van der Waals surface area contributed by atoms with Gasteiger partial charge < -0.3 is 34.4 Å². The van der Waals surface area contributed by atoms with Crippen molar-refractivity contribution in [3.8, 4) is 11.3 Å². The molecule has 0 saturated carbocycles. The minimum Gasteiger partial charge on any atom is -0.379 e. The Kier molecular flexibility index (Phi) is 8.50. The summed E-state index contributed by atoms with van der Waals surface area (Å²) in [4.78, 5) is 49.8. The Balaban J connectivity index is 1.19. The number of rotatable bonds is 9. The van der Waals surface area contributed by atoms with Gasteiger partial charge in [-0.2, -0.15) is 0 Å². The highest BCUT2D eigenvalue weighted by Gasteiger charge is 2.19. The van der Waals surface area contributed by atoms with Crippen molar-refractivity contribution in [2.75, 3.05) is 50.0 Å². The number of nitrogens with zero attached hydrogens (tertiary/aromatic N) is 6. The second-order valence-electron chi connectivity index (χ2n) is 10.3. The summed E-state index contributed by atoms with van der Waals surface area (Å²) in [5, 5.41) is 8.64. The molecule has 4 aromatic rings. The van der Waals surface area contributed by atoms with E-state index in [0.717, 1.165) is 30.9 Å². The van der Waals surface area contributed by atoms with Gasteiger partial charge in [-0.05, 0) is 25.1 Å². The van der Waals surface area contributed by atoms with E-state index in [2.05, 4.69) is 30.8 Å². The van der Waals surface area contributed by atoms with Gasteiger partial charge >= 0.3 is 0 Å². The fourth-order valence-corrected chi connectivity index (χ4v) is 4.82. The molecule has 1 fully saturated rings. The molecule has 0 spiro atoms. The Morgan fingerprint density at radius 2 is 1.36 bits per heavy atom. The SMILES string of the molecule is Cc1cnc(-c2cc(C(=O)Nc3cc(C(=O)Nc4cc(C(=O)NCCN5CCOCC5)n(C)c4)n(C)c3)n(C)c2)cn1. The third kappa shape index (κ3) is 6.58. The molecule has 0 bridgehead atoms. The molecule has 42 heavy (non-hydrogen) atoms. The Hall–Kier alpha value is -4.75. The summed E-state index contributed by atoms with van der Waals surface area (Å²) >= 11 is 0. The lowest BCUT2D eigenvalue weighted by Gasteiger charge is -2.26. The molecule has 220 valence electrons. The number of carbonyl (C=O) groups excluding carboxylic acids is 3. The molecule has 0 atom stereocenters. The molecule has 5 rings (SSSR count).